The van der Waals surface area contributed by atoms with Gasteiger partial charge in [0.2, 0.25) is 0 Å². The van der Waals surface area contributed by atoms with Crippen molar-refractivity contribution in [3.8, 4) is 0 Å². The molecule has 0 unspecified atom stereocenters. The van der Waals surface area contributed by atoms with Crippen LogP contribution in [0.1, 0.15) is 13.8 Å². The van der Waals surface area contributed by atoms with Crippen LogP contribution in [0.4, 0.5) is 8.22 Å². The van der Waals surface area contributed by atoms with E-state index in [9.17, 15) is 8.22 Å². The molecule has 0 aliphatic carbocycles. The number of hydrazone groups is 1. The fourth-order valence-electron chi connectivity index (χ4n) is 2.32. The highest BCUT2D eigenvalue weighted by Gasteiger charge is 2.58. The van der Waals surface area contributed by atoms with Crippen molar-refractivity contribution in [3.05, 3.63) is 0 Å². The Morgan fingerprint density at radius 1 is 0.889 bits per heavy atom. The Morgan fingerprint density at radius 2 is 1.22 bits per heavy atom. The minimum absolute atomic E-state index is 0.663. The van der Waals surface area contributed by atoms with E-state index in [0.29, 0.717) is 5.71 Å². The number of halogens is 2. The Morgan fingerprint density at radius 3 is 1.44 bits per heavy atom. The molecule has 0 saturated carbocycles. The van der Waals surface area contributed by atoms with Crippen LogP contribution in [0.2, 0.25) is 39.3 Å². The van der Waals surface area contributed by atoms with Gasteiger partial charge in [-0.2, -0.15) is 5.10 Å². The predicted molar refractivity (Wildman–Crippen MR) is 83.0 cm³/mol. The van der Waals surface area contributed by atoms with E-state index in [1.165, 1.54) is 7.05 Å². The van der Waals surface area contributed by atoms with Crippen LogP contribution in [-0.2, 0) is 0 Å². The Kier molecular flexibility index (Phi) is 5.50. The molecule has 0 amide bonds. The van der Waals surface area contributed by atoms with Crippen LogP contribution in [0.5, 0.6) is 0 Å². The summed E-state index contributed by atoms with van der Waals surface area (Å²) in [6.45, 7) is 15.4. The minimum Gasteiger partial charge on any atom is -0.298 e. The van der Waals surface area contributed by atoms with Gasteiger partial charge < -0.3 is 0 Å². The maximum atomic E-state index is 14.8. The van der Waals surface area contributed by atoms with Crippen molar-refractivity contribution in [1.29, 1.82) is 0 Å². The van der Waals surface area contributed by atoms with E-state index in [0.717, 1.165) is 4.67 Å². The van der Waals surface area contributed by atoms with Crippen LogP contribution in [-0.4, -0.2) is 46.9 Å². The Balaban J connectivity index is 5.56. The number of nitrogens with zero attached hydrogens (tertiary/aromatic N) is 3. The average Bonchev–Trinajstić information content (AvgIpc) is 1.94. The normalized spacial score (nSPS) is 13.8. The average molecular weight is 312 g/mol. The fourth-order valence-corrected chi connectivity index (χ4v) is 18.3. The smallest absolute Gasteiger partial charge is 0.298 e. The van der Waals surface area contributed by atoms with Crippen LogP contribution in [0.15, 0.2) is 5.10 Å². The molecule has 0 fully saturated rings. The number of hydrogen-bond donors (Lipinski definition) is 0. The van der Waals surface area contributed by atoms with Crippen molar-refractivity contribution in [3.63, 3.8) is 0 Å². The van der Waals surface area contributed by atoms with Gasteiger partial charge in [0.05, 0.1) is 0 Å². The van der Waals surface area contributed by atoms with E-state index >= 15 is 0 Å². The fraction of sp³-hybridized carbons (Fsp3) is 0.900. The van der Waals surface area contributed by atoms with Gasteiger partial charge in [-0.05, 0) is 13.8 Å². The van der Waals surface area contributed by atoms with Gasteiger partial charge in [-0.25, -0.2) is 8.22 Å². The van der Waals surface area contributed by atoms with E-state index in [1.54, 1.807) is 17.7 Å². The molecule has 18 heavy (non-hydrogen) atoms. The molecule has 0 saturated heterocycles. The van der Waals surface area contributed by atoms with Crippen LogP contribution in [0, 0.1) is 0 Å². The SMILES string of the molecule is CC(C)=NN(C)[Si](F)(F)N([Si](C)(C)C)[Si](C)(C)C. The highest BCUT2D eigenvalue weighted by Crippen LogP contribution is 2.31. The summed E-state index contributed by atoms with van der Waals surface area (Å²) in [5, 5.41) is 3.96. The highest BCUT2D eigenvalue weighted by molar-refractivity contribution is 7.00. The summed E-state index contributed by atoms with van der Waals surface area (Å²) in [7, 11) is -7.41. The van der Waals surface area contributed by atoms with E-state index in [4.69, 9.17) is 0 Å². The van der Waals surface area contributed by atoms with Gasteiger partial charge >= 0.3 is 9.06 Å². The van der Waals surface area contributed by atoms with E-state index in [1.807, 2.05) is 39.3 Å². The summed E-state index contributed by atoms with van der Waals surface area (Å²) in [4.78, 5) is 0. The van der Waals surface area contributed by atoms with Crippen molar-refractivity contribution >= 4 is 31.2 Å². The molecule has 0 aromatic carbocycles. The molecule has 0 aromatic rings. The maximum absolute atomic E-state index is 14.8. The first-order valence-electron chi connectivity index (χ1n) is 6.14. The third-order valence-corrected chi connectivity index (χ3v) is 16.1. The Bertz CT molecular complexity index is 303. The molecule has 8 heteroatoms. The van der Waals surface area contributed by atoms with Crippen LogP contribution in [0.25, 0.3) is 0 Å². The zero-order valence-corrected chi connectivity index (χ0v) is 16.1. The van der Waals surface area contributed by atoms with Gasteiger partial charge in [-0.15, -0.1) is 0 Å². The second kappa shape index (κ2) is 5.51. The van der Waals surface area contributed by atoms with Crippen molar-refractivity contribution in [2.75, 3.05) is 7.05 Å². The van der Waals surface area contributed by atoms with Crippen molar-refractivity contribution in [1.82, 2.24) is 8.57 Å². The molecular formula is C10H27F2N3Si3. The van der Waals surface area contributed by atoms with Gasteiger partial charge in [-0.3, -0.25) is 8.57 Å². The molecule has 0 heterocycles. The molecule has 0 aliphatic rings. The van der Waals surface area contributed by atoms with Gasteiger partial charge in [0.1, 0.15) is 16.5 Å². The first-order valence-corrected chi connectivity index (χ1v) is 14.7. The van der Waals surface area contributed by atoms with Gasteiger partial charge in [-0.1, -0.05) is 39.3 Å². The highest BCUT2D eigenvalue weighted by atomic mass is 28.5. The third kappa shape index (κ3) is 4.56. The summed E-state index contributed by atoms with van der Waals surface area (Å²) in [6.07, 6.45) is 0. The molecule has 0 radical (unpaired) electrons. The molecule has 0 aromatic heterocycles. The first-order chi connectivity index (χ1) is 7.70. The van der Waals surface area contributed by atoms with Crippen LogP contribution < -0.4 is 0 Å². The first kappa shape index (κ1) is 17.9. The minimum atomic E-state index is -4.67. The second-order valence-corrected chi connectivity index (χ2v) is 19.8. The summed E-state index contributed by atoms with van der Waals surface area (Å²) in [5.41, 5.74) is 0.663. The lowest BCUT2D eigenvalue weighted by atomic mass is 10.5. The summed E-state index contributed by atoms with van der Waals surface area (Å²) < 4.78 is 32.1. The molecular weight excluding hydrogens is 284 g/mol. The molecule has 0 bridgehead atoms. The maximum Gasteiger partial charge on any atom is 0.636 e. The van der Waals surface area contributed by atoms with E-state index in [-0.39, 0.29) is 0 Å². The third-order valence-electron chi connectivity index (χ3n) is 2.35. The monoisotopic (exact) mass is 311 g/mol. The molecule has 0 spiro atoms. The van der Waals surface area contributed by atoms with E-state index < -0.39 is 25.5 Å². The molecule has 0 rings (SSSR count). The van der Waals surface area contributed by atoms with Crippen molar-refractivity contribution in [2.45, 2.75) is 53.1 Å². The second-order valence-electron chi connectivity index (χ2n) is 6.76. The topological polar surface area (TPSA) is 18.8 Å². The standard InChI is InChI=1S/C10H27F2N3Si3/c1-10(2)13-14(3)18(11,12)15(16(4,5)6)17(7,8)9/h1-9H3. The molecule has 0 atom stereocenters. The predicted octanol–water partition coefficient (Wildman–Crippen LogP) is 3.66. The molecule has 108 valence electrons. The van der Waals surface area contributed by atoms with Crippen LogP contribution >= 0.6 is 0 Å². The van der Waals surface area contributed by atoms with Gasteiger partial charge in [0.15, 0.2) is 0 Å². The quantitative estimate of drug-likeness (QED) is 0.334. The van der Waals surface area contributed by atoms with Gasteiger partial charge in [0.25, 0.3) is 0 Å². The van der Waals surface area contributed by atoms with Crippen LogP contribution in [0.3, 0.4) is 0 Å². The number of rotatable bonds is 5. The van der Waals surface area contributed by atoms with Crippen molar-refractivity contribution in [2.24, 2.45) is 5.10 Å². The lowest BCUT2D eigenvalue weighted by Crippen LogP contribution is -2.73. The number of hydrogen-bond acceptors (Lipinski definition) is 3. The summed E-state index contributed by atoms with van der Waals surface area (Å²) >= 11 is 0. The summed E-state index contributed by atoms with van der Waals surface area (Å²) in [6, 6.07) is 0. The lowest BCUT2D eigenvalue weighted by Gasteiger charge is -2.47. The largest absolute Gasteiger partial charge is 0.636 e. The lowest BCUT2D eigenvalue weighted by molar-refractivity contribution is 0.350. The molecule has 3 nitrogen and oxygen atoms in total. The molecule has 0 N–H and O–H groups in total. The summed E-state index contributed by atoms with van der Waals surface area (Å²) in [5.74, 6) is 0. The Hall–Kier alpha value is -0.0594. The Labute approximate surface area is 114 Å². The van der Waals surface area contributed by atoms with E-state index in [2.05, 4.69) is 5.10 Å². The van der Waals surface area contributed by atoms with Gasteiger partial charge in [0, 0.05) is 12.8 Å². The zero-order valence-electron chi connectivity index (χ0n) is 13.1. The van der Waals surface area contributed by atoms with Crippen molar-refractivity contribution < 1.29 is 8.22 Å². The zero-order chi connectivity index (χ0) is 14.9. The molecule has 0 aliphatic heterocycles.